The predicted molar refractivity (Wildman–Crippen MR) is 65.6 cm³/mol. The third-order valence-electron chi connectivity index (χ3n) is 3.14. The molecule has 0 spiro atoms. The molecule has 1 aromatic carbocycles. The summed E-state index contributed by atoms with van der Waals surface area (Å²) in [6, 6.07) is 3.54. The fourth-order valence-electron chi connectivity index (χ4n) is 2.20. The molecule has 104 valence electrons. The third kappa shape index (κ3) is 2.76. The van der Waals surface area contributed by atoms with Crippen molar-refractivity contribution in [3.63, 3.8) is 0 Å². The van der Waals surface area contributed by atoms with Crippen LogP contribution in [0.3, 0.4) is 0 Å². The summed E-state index contributed by atoms with van der Waals surface area (Å²) in [7, 11) is -3.97. The van der Waals surface area contributed by atoms with Crippen molar-refractivity contribution in [1.82, 2.24) is 4.31 Å². The van der Waals surface area contributed by atoms with Gasteiger partial charge in [-0.2, -0.15) is 4.31 Å². The molecule has 5 nitrogen and oxygen atoms in total. The monoisotopic (exact) mass is 287 g/mol. The molecule has 1 saturated heterocycles. The fourth-order valence-corrected chi connectivity index (χ4v) is 3.89. The van der Waals surface area contributed by atoms with E-state index in [2.05, 4.69) is 0 Å². The quantitative estimate of drug-likeness (QED) is 0.913. The lowest BCUT2D eigenvalue weighted by molar-refractivity contribution is -0.142. The van der Waals surface area contributed by atoms with Crippen molar-refractivity contribution in [2.45, 2.75) is 30.2 Å². The first-order valence-electron chi connectivity index (χ1n) is 5.93. The van der Waals surface area contributed by atoms with E-state index in [0.717, 1.165) is 16.4 Å². The lowest BCUT2D eigenvalue weighted by atomic mass is 10.1. The van der Waals surface area contributed by atoms with Gasteiger partial charge in [-0.1, -0.05) is 6.07 Å². The van der Waals surface area contributed by atoms with Crippen LogP contribution in [0.15, 0.2) is 29.2 Å². The molecule has 1 N–H and O–H groups in total. The number of aliphatic carboxylic acids is 1. The highest BCUT2D eigenvalue weighted by atomic mass is 32.2. The van der Waals surface area contributed by atoms with Gasteiger partial charge in [0, 0.05) is 6.54 Å². The summed E-state index contributed by atoms with van der Waals surface area (Å²) in [5, 5.41) is 9.09. The van der Waals surface area contributed by atoms with Crippen molar-refractivity contribution in [1.29, 1.82) is 0 Å². The van der Waals surface area contributed by atoms with Crippen LogP contribution in [0.4, 0.5) is 4.39 Å². The zero-order chi connectivity index (χ0) is 14.0. The maximum Gasteiger partial charge on any atom is 0.322 e. The average Bonchev–Trinajstić information content (AvgIpc) is 2.38. The van der Waals surface area contributed by atoms with Crippen molar-refractivity contribution in [2.24, 2.45) is 0 Å². The molecule has 0 bridgehead atoms. The van der Waals surface area contributed by atoms with Gasteiger partial charge in [0.25, 0.3) is 0 Å². The number of benzene rings is 1. The van der Waals surface area contributed by atoms with E-state index in [0.29, 0.717) is 12.8 Å². The van der Waals surface area contributed by atoms with Crippen molar-refractivity contribution in [3.8, 4) is 0 Å². The van der Waals surface area contributed by atoms with Crippen molar-refractivity contribution in [2.75, 3.05) is 6.54 Å². The van der Waals surface area contributed by atoms with Crippen LogP contribution in [0.5, 0.6) is 0 Å². The van der Waals surface area contributed by atoms with Gasteiger partial charge >= 0.3 is 5.97 Å². The zero-order valence-corrected chi connectivity index (χ0v) is 10.9. The Kier molecular flexibility index (Phi) is 3.86. The van der Waals surface area contributed by atoms with Crippen LogP contribution in [0.1, 0.15) is 19.3 Å². The maximum absolute atomic E-state index is 13.1. The van der Waals surface area contributed by atoms with Gasteiger partial charge in [0.05, 0.1) is 4.90 Å². The van der Waals surface area contributed by atoms with Crippen LogP contribution in [0, 0.1) is 5.82 Å². The third-order valence-corrected chi connectivity index (χ3v) is 5.05. The smallest absolute Gasteiger partial charge is 0.322 e. The fraction of sp³-hybridized carbons (Fsp3) is 0.417. The number of carboxylic acids is 1. The Hall–Kier alpha value is -1.47. The summed E-state index contributed by atoms with van der Waals surface area (Å²) in [5.74, 6) is -1.83. The summed E-state index contributed by atoms with van der Waals surface area (Å²) < 4.78 is 38.8. The SMILES string of the molecule is O=C(O)[C@@H]1CCCCN1S(=O)(=O)c1cccc(F)c1. The Labute approximate surface area is 110 Å². The summed E-state index contributed by atoms with van der Waals surface area (Å²) >= 11 is 0. The molecule has 1 aromatic rings. The standard InChI is InChI=1S/C12H14FNO4S/c13-9-4-3-5-10(8-9)19(17,18)14-7-2-1-6-11(14)12(15)16/h3-5,8,11H,1-2,6-7H2,(H,15,16)/t11-/m0/s1. The summed E-state index contributed by atoms with van der Waals surface area (Å²) in [5.41, 5.74) is 0. The maximum atomic E-state index is 13.1. The molecule has 0 unspecified atom stereocenters. The summed E-state index contributed by atoms with van der Waals surface area (Å²) in [6.45, 7) is 0.149. The molecule has 0 aliphatic carbocycles. The Balaban J connectivity index is 2.40. The van der Waals surface area contributed by atoms with E-state index < -0.39 is 27.9 Å². The molecule has 0 aromatic heterocycles. The minimum absolute atomic E-state index is 0.149. The highest BCUT2D eigenvalue weighted by Gasteiger charge is 2.37. The van der Waals surface area contributed by atoms with Crippen molar-refractivity contribution >= 4 is 16.0 Å². The molecule has 2 rings (SSSR count). The molecule has 1 fully saturated rings. The Morgan fingerprint density at radius 3 is 2.74 bits per heavy atom. The molecule has 0 amide bonds. The van der Waals surface area contributed by atoms with E-state index in [9.17, 15) is 17.6 Å². The second kappa shape index (κ2) is 5.26. The first-order valence-corrected chi connectivity index (χ1v) is 7.37. The first-order chi connectivity index (χ1) is 8.93. The van der Waals surface area contributed by atoms with E-state index >= 15 is 0 Å². The average molecular weight is 287 g/mol. The van der Waals surface area contributed by atoms with Gasteiger partial charge in [0.2, 0.25) is 10.0 Å². The van der Waals surface area contributed by atoms with E-state index in [1.165, 1.54) is 12.1 Å². The topological polar surface area (TPSA) is 74.7 Å². The molecule has 0 radical (unpaired) electrons. The lowest BCUT2D eigenvalue weighted by Crippen LogP contribution is -2.47. The Morgan fingerprint density at radius 1 is 1.37 bits per heavy atom. The van der Waals surface area contributed by atoms with E-state index in [1.807, 2.05) is 0 Å². The highest BCUT2D eigenvalue weighted by molar-refractivity contribution is 7.89. The van der Waals surface area contributed by atoms with Crippen LogP contribution in [-0.4, -0.2) is 36.4 Å². The zero-order valence-electron chi connectivity index (χ0n) is 10.1. The lowest BCUT2D eigenvalue weighted by Gasteiger charge is -2.31. The van der Waals surface area contributed by atoms with Gasteiger partial charge in [-0.3, -0.25) is 4.79 Å². The Bertz CT molecular complexity index is 587. The number of rotatable bonds is 3. The number of piperidine rings is 1. The largest absolute Gasteiger partial charge is 0.480 e. The van der Waals surface area contributed by atoms with Gasteiger partial charge in [-0.15, -0.1) is 0 Å². The normalized spacial score (nSPS) is 21.2. The first kappa shape index (κ1) is 14.0. The minimum atomic E-state index is -3.97. The Morgan fingerprint density at radius 2 is 2.11 bits per heavy atom. The minimum Gasteiger partial charge on any atom is -0.480 e. The van der Waals surface area contributed by atoms with Crippen molar-refractivity contribution < 1.29 is 22.7 Å². The molecule has 1 aliphatic rings. The van der Waals surface area contributed by atoms with Gasteiger partial charge in [0.15, 0.2) is 0 Å². The molecule has 1 heterocycles. The number of nitrogens with zero attached hydrogens (tertiary/aromatic N) is 1. The van der Waals surface area contributed by atoms with Gasteiger partial charge in [-0.05, 0) is 37.5 Å². The summed E-state index contributed by atoms with van der Waals surface area (Å²) in [4.78, 5) is 10.9. The molecular weight excluding hydrogens is 273 g/mol. The number of carboxylic acid groups (broad SMARTS) is 1. The molecule has 1 aliphatic heterocycles. The highest BCUT2D eigenvalue weighted by Crippen LogP contribution is 2.25. The van der Waals surface area contributed by atoms with Crippen LogP contribution in [0.25, 0.3) is 0 Å². The molecule has 7 heteroatoms. The molecule has 1 atom stereocenters. The second-order valence-electron chi connectivity index (χ2n) is 4.42. The summed E-state index contributed by atoms with van der Waals surface area (Å²) in [6.07, 6.45) is 1.56. The van der Waals surface area contributed by atoms with Gasteiger partial charge in [0.1, 0.15) is 11.9 Å². The number of carbonyl (C=O) groups is 1. The van der Waals surface area contributed by atoms with Crippen LogP contribution >= 0.6 is 0 Å². The van der Waals surface area contributed by atoms with Gasteiger partial charge in [-0.25, -0.2) is 12.8 Å². The van der Waals surface area contributed by atoms with Crippen LogP contribution in [-0.2, 0) is 14.8 Å². The molecular formula is C12H14FNO4S. The number of halogens is 1. The van der Waals surface area contributed by atoms with Gasteiger partial charge < -0.3 is 5.11 Å². The number of sulfonamides is 1. The van der Waals surface area contributed by atoms with Crippen LogP contribution in [0.2, 0.25) is 0 Å². The van der Waals surface area contributed by atoms with E-state index in [-0.39, 0.29) is 17.9 Å². The second-order valence-corrected chi connectivity index (χ2v) is 6.31. The van der Waals surface area contributed by atoms with Crippen LogP contribution < -0.4 is 0 Å². The van der Waals surface area contributed by atoms with E-state index in [1.54, 1.807) is 0 Å². The number of hydrogen-bond acceptors (Lipinski definition) is 3. The number of hydrogen-bond donors (Lipinski definition) is 1. The molecule has 0 saturated carbocycles. The molecule has 19 heavy (non-hydrogen) atoms. The van der Waals surface area contributed by atoms with E-state index in [4.69, 9.17) is 5.11 Å². The predicted octanol–water partition coefficient (Wildman–Crippen LogP) is 1.45. The van der Waals surface area contributed by atoms with Crippen molar-refractivity contribution in [3.05, 3.63) is 30.1 Å².